The van der Waals surface area contributed by atoms with Gasteiger partial charge in [-0.3, -0.25) is 0 Å². The van der Waals surface area contributed by atoms with Crippen molar-refractivity contribution in [1.29, 1.82) is 0 Å². The summed E-state index contributed by atoms with van der Waals surface area (Å²) >= 11 is 0. The van der Waals surface area contributed by atoms with E-state index in [1.807, 2.05) is 66.9 Å². The number of hydrogen-bond donors (Lipinski definition) is 0. The van der Waals surface area contributed by atoms with Gasteiger partial charge >= 0.3 is 0 Å². The quantitative estimate of drug-likeness (QED) is 0.467. The molecule has 0 radical (unpaired) electrons. The van der Waals surface area contributed by atoms with E-state index in [1.165, 1.54) is 5.56 Å². The van der Waals surface area contributed by atoms with Crippen molar-refractivity contribution in [1.82, 2.24) is 15.0 Å². The van der Waals surface area contributed by atoms with Crippen molar-refractivity contribution in [2.45, 2.75) is 19.6 Å². The van der Waals surface area contributed by atoms with E-state index < -0.39 is 7.14 Å². The van der Waals surface area contributed by atoms with E-state index in [0.717, 1.165) is 21.9 Å². The van der Waals surface area contributed by atoms with Gasteiger partial charge in [-0.05, 0) is 12.5 Å². The Kier molecular flexibility index (Phi) is 5.23. The molecule has 0 fully saturated rings. The largest absolute Gasteiger partial charge is 0.313 e. The van der Waals surface area contributed by atoms with Crippen LogP contribution in [-0.2, 0) is 17.3 Å². The molecule has 0 aliphatic carbocycles. The fourth-order valence-electron chi connectivity index (χ4n) is 3.27. The molecule has 0 saturated carbocycles. The third-order valence-electron chi connectivity index (χ3n) is 4.78. The molecule has 4 nitrogen and oxygen atoms in total. The van der Waals surface area contributed by atoms with Crippen LogP contribution in [0.15, 0.2) is 91.1 Å². The first-order valence-corrected chi connectivity index (χ1v) is 11.2. The lowest BCUT2D eigenvalue weighted by atomic mass is 10.1. The normalized spacial score (nSPS) is 11.5. The highest BCUT2D eigenvalue weighted by Gasteiger charge is 2.28. The van der Waals surface area contributed by atoms with Gasteiger partial charge in [-0.15, -0.1) is 5.10 Å². The molecule has 0 bridgehead atoms. The van der Waals surface area contributed by atoms with Gasteiger partial charge in [0.15, 0.2) is 0 Å². The second kappa shape index (κ2) is 7.95. The highest BCUT2D eigenvalue weighted by atomic mass is 31.2. The average Bonchev–Trinajstić information content (AvgIpc) is 3.17. The first-order valence-electron chi connectivity index (χ1n) is 9.28. The van der Waals surface area contributed by atoms with Crippen molar-refractivity contribution in [3.05, 3.63) is 108 Å². The molecule has 1 aromatic heterocycles. The highest BCUT2D eigenvalue weighted by Crippen LogP contribution is 2.46. The van der Waals surface area contributed by atoms with Gasteiger partial charge in [0.25, 0.3) is 0 Å². The molecule has 0 amide bonds. The zero-order valence-electron chi connectivity index (χ0n) is 15.8. The summed E-state index contributed by atoms with van der Waals surface area (Å²) in [6, 6.07) is 27.7. The van der Waals surface area contributed by atoms with Crippen LogP contribution in [0.1, 0.15) is 16.8 Å². The molecule has 4 rings (SSSR count). The molecule has 0 aliphatic rings. The Morgan fingerprint density at radius 1 is 0.821 bits per heavy atom. The van der Waals surface area contributed by atoms with E-state index in [-0.39, 0.29) is 0 Å². The SMILES string of the molecule is Cc1ccc(Cn2cc(CP(=O)(c3ccccc3)c3ccccc3)nn2)cc1. The Hall–Kier alpha value is -2.97. The van der Waals surface area contributed by atoms with Crippen LogP contribution in [0.2, 0.25) is 0 Å². The second-order valence-electron chi connectivity index (χ2n) is 6.96. The fraction of sp³-hybridized carbons (Fsp3) is 0.130. The van der Waals surface area contributed by atoms with Crippen LogP contribution in [0, 0.1) is 6.92 Å². The molecule has 0 spiro atoms. The van der Waals surface area contributed by atoms with Gasteiger partial charge in [-0.25, -0.2) is 4.68 Å². The smallest absolute Gasteiger partial charge is 0.149 e. The lowest BCUT2D eigenvalue weighted by Crippen LogP contribution is -2.17. The van der Waals surface area contributed by atoms with Gasteiger partial charge in [0.1, 0.15) is 7.14 Å². The van der Waals surface area contributed by atoms with Crippen LogP contribution in [0.5, 0.6) is 0 Å². The third-order valence-corrected chi connectivity index (χ3v) is 7.82. The van der Waals surface area contributed by atoms with Crippen LogP contribution in [-0.4, -0.2) is 15.0 Å². The Morgan fingerprint density at radius 2 is 1.39 bits per heavy atom. The molecule has 0 aliphatic heterocycles. The minimum absolute atomic E-state index is 0.356. The molecule has 1 heterocycles. The zero-order valence-corrected chi connectivity index (χ0v) is 16.7. The fourth-order valence-corrected chi connectivity index (χ4v) is 5.84. The van der Waals surface area contributed by atoms with Crippen LogP contribution < -0.4 is 10.6 Å². The molecule has 28 heavy (non-hydrogen) atoms. The minimum Gasteiger partial charge on any atom is -0.313 e. The molecule has 4 aromatic rings. The summed E-state index contributed by atoms with van der Waals surface area (Å²) in [5, 5.41) is 10.2. The first-order chi connectivity index (χ1) is 13.6. The number of rotatable bonds is 6. The van der Waals surface area contributed by atoms with Crippen molar-refractivity contribution in [3.63, 3.8) is 0 Å². The van der Waals surface area contributed by atoms with Gasteiger partial charge in [-0.2, -0.15) is 0 Å². The standard InChI is InChI=1S/C23H22N3OP/c1-19-12-14-20(15-13-19)16-26-17-21(24-25-26)18-28(27,22-8-4-2-5-9-22)23-10-6-3-7-11-23/h2-15,17H,16,18H2,1H3. The van der Waals surface area contributed by atoms with Gasteiger partial charge in [0, 0.05) is 16.8 Å². The number of aromatic nitrogens is 3. The van der Waals surface area contributed by atoms with Crippen molar-refractivity contribution in [2.75, 3.05) is 0 Å². The summed E-state index contributed by atoms with van der Waals surface area (Å²) in [4.78, 5) is 0. The van der Waals surface area contributed by atoms with Gasteiger partial charge in [-0.1, -0.05) is 95.7 Å². The Balaban J connectivity index is 1.62. The van der Waals surface area contributed by atoms with Gasteiger partial charge in [0.05, 0.1) is 18.4 Å². The van der Waals surface area contributed by atoms with Crippen LogP contribution >= 0.6 is 7.14 Å². The predicted molar refractivity (Wildman–Crippen MR) is 114 cm³/mol. The predicted octanol–water partition coefficient (Wildman–Crippen LogP) is 4.15. The maximum absolute atomic E-state index is 14.1. The highest BCUT2D eigenvalue weighted by molar-refractivity contribution is 7.78. The molecule has 0 unspecified atom stereocenters. The molecule has 3 aromatic carbocycles. The monoisotopic (exact) mass is 387 g/mol. The number of aryl methyl sites for hydroxylation is 1. The summed E-state index contributed by atoms with van der Waals surface area (Å²) in [6.07, 6.45) is 2.26. The Bertz CT molecular complexity index is 1050. The molecule has 0 atom stereocenters. The van der Waals surface area contributed by atoms with Crippen LogP contribution in [0.3, 0.4) is 0 Å². The van der Waals surface area contributed by atoms with E-state index in [9.17, 15) is 4.57 Å². The lowest BCUT2D eigenvalue weighted by Gasteiger charge is -2.18. The maximum atomic E-state index is 14.1. The number of benzene rings is 3. The molecule has 0 N–H and O–H groups in total. The van der Waals surface area contributed by atoms with Gasteiger partial charge in [0.2, 0.25) is 0 Å². The number of hydrogen-bond acceptors (Lipinski definition) is 3. The van der Waals surface area contributed by atoms with Crippen LogP contribution in [0.4, 0.5) is 0 Å². The van der Waals surface area contributed by atoms with Crippen molar-refractivity contribution < 1.29 is 4.57 Å². The molecular formula is C23H22N3OP. The minimum atomic E-state index is -2.84. The summed E-state index contributed by atoms with van der Waals surface area (Å²) in [7, 11) is -2.84. The first kappa shape index (κ1) is 18.4. The lowest BCUT2D eigenvalue weighted by molar-refractivity contribution is 0.586. The van der Waals surface area contributed by atoms with Gasteiger partial charge < -0.3 is 4.57 Å². The van der Waals surface area contributed by atoms with Crippen molar-refractivity contribution in [3.8, 4) is 0 Å². The van der Waals surface area contributed by atoms with E-state index in [0.29, 0.717) is 12.7 Å². The molecule has 140 valence electrons. The van der Waals surface area contributed by atoms with E-state index in [1.54, 1.807) is 4.68 Å². The third kappa shape index (κ3) is 3.97. The number of nitrogens with zero attached hydrogens (tertiary/aromatic N) is 3. The molecular weight excluding hydrogens is 365 g/mol. The molecule has 0 saturated heterocycles. The Labute approximate surface area is 165 Å². The van der Waals surface area contributed by atoms with E-state index >= 15 is 0 Å². The zero-order chi connectivity index (χ0) is 19.4. The summed E-state index contributed by atoms with van der Waals surface area (Å²) < 4.78 is 15.9. The maximum Gasteiger partial charge on any atom is 0.149 e. The van der Waals surface area contributed by atoms with Crippen molar-refractivity contribution in [2.24, 2.45) is 0 Å². The van der Waals surface area contributed by atoms with E-state index in [4.69, 9.17) is 0 Å². The average molecular weight is 387 g/mol. The van der Waals surface area contributed by atoms with E-state index in [2.05, 4.69) is 41.5 Å². The van der Waals surface area contributed by atoms with Crippen molar-refractivity contribution >= 4 is 17.8 Å². The summed E-state index contributed by atoms with van der Waals surface area (Å²) in [5.41, 5.74) is 3.13. The van der Waals surface area contributed by atoms with Crippen LogP contribution in [0.25, 0.3) is 0 Å². The topological polar surface area (TPSA) is 47.8 Å². The summed E-state index contributed by atoms with van der Waals surface area (Å²) in [5.74, 6) is 0. The second-order valence-corrected chi connectivity index (χ2v) is 9.79. The Morgan fingerprint density at radius 3 is 1.96 bits per heavy atom. The summed E-state index contributed by atoms with van der Waals surface area (Å²) in [6.45, 7) is 2.72. The molecule has 5 heteroatoms.